The number of rotatable bonds is 3. The van der Waals surface area contributed by atoms with Gasteiger partial charge < -0.3 is 10.4 Å². The lowest BCUT2D eigenvalue weighted by Gasteiger charge is -2.15. The molecule has 124 valence electrons. The Kier molecular flexibility index (Phi) is 4.14. The molecule has 0 radical (unpaired) electrons. The summed E-state index contributed by atoms with van der Waals surface area (Å²) in [7, 11) is 0. The molecule has 0 saturated heterocycles. The van der Waals surface area contributed by atoms with E-state index in [2.05, 4.69) is 10.3 Å². The Balaban J connectivity index is 1.74. The number of fused-ring (bicyclic) bond motifs is 3. The van der Waals surface area contributed by atoms with E-state index in [0.29, 0.717) is 16.0 Å². The molecule has 2 N–H and O–H groups in total. The molecule has 0 saturated carbocycles. The first-order chi connectivity index (χ1) is 11.6. The molecular formula is C17H16ClN3O2S. The van der Waals surface area contributed by atoms with Gasteiger partial charge in [-0.3, -0.25) is 9.36 Å². The van der Waals surface area contributed by atoms with Crippen LogP contribution in [0.3, 0.4) is 0 Å². The van der Waals surface area contributed by atoms with Crippen LogP contribution in [-0.2, 0) is 19.5 Å². The zero-order chi connectivity index (χ0) is 16.7. The predicted molar refractivity (Wildman–Crippen MR) is 95.7 cm³/mol. The Morgan fingerprint density at radius 2 is 2.25 bits per heavy atom. The van der Waals surface area contributed by atoms with Crippen molar-refractivity contribution < 1.29 is 5.11 Å². The largest absolute Gasteiger partial charge is 0.386 e. The highest BCUT2D eigenvalue weighted by Crippen LogP contribution is 2.30. The Morgan fingerprint density at radius 1 is 1.42 bits per heavy atom. The molecule has 0 amide bonds. The smallest absolute Gasteiger partial charge is 0.262 e. The summed E-state index contributed by atoms with van der Waals surface area (Å²) >= 11 is 7.70. The molecule has 2 aromatic heterocycles. The first-order valence-electron chi connectivity index (χ1n) is 7.78. The fourth-order valence-corrected chi connectivity index (χ4v) is 4.52. The van der Waals surface area contributed by atoms with E-state index in [9.17, 15) is 9.90 Å². The van der Waals surface area contributed by atoms with Crippen LogP contribution in [0.15, 0.2) is 35.4 Å². The third kappa shape index (κ3) is 2.65. The lowest BCUT2D eigenvalue weighted by Crippen LogP contribution is -2.26. The van der Waals surface area contributed by atoms with Crippen molar-refractivity contribution in [1.82, 2.24) is 14.9 Å². The van der Waals surface area contributed by atoms with Crippen LogP contribution in [-0.4, -0.2) is 21.2 Å². The Hall–Kier alpha value is -1.73. The number of benzene rings is 1. The number of hydrogen-bond acceptors (Lipinski definition) is 5. The molecule has 3 heterocycles. The second-order valence-corrected chi connectivity index (χ2v) is 7.34. The van der Waals surface area contributed by atoms with Gasteiger partial charge in [-0.2, -0.15) is 0 Å². The fourth-order valence-electron chi connectivity index (χ4n) is 3.11. The average Bonchev–Trinajstić information content (AvgIpc) is 2.97. The highest BCUT2D eigenvalue weighted by molar-refractivity contribution is 7.18. The van der Waals surface area contributed by atoms with Crippen molar-refractivity contribution in [2.24, 2.45) is 0 Å². The topological polar surface area (TPSA) is 67.2 Å². The van der Waals surface area contributed by atoms with E-state index >= 15 is 0 Å². The second-order valence-electron chi connectivity index (χ2n) is 5.85. The highest BCUT2D eigenvalue weighted by atomic mass is 35.5. The van der Waals surface area contributed by atoms with Gasteiger partial charge in [-0.05, 0) is 24.6 Å². The van der Waals surface area contributed by atoms with Crippen LogP contribution in [0.4, 0.5) is 0 Å². The zero-order valence-corrected chi connectivity index (χ0v) is 14.4. The molecule has 4 rings (SSSR count). The standard InChI is InChI=1S/C17H16ClN3O2S/c18-12-4-2-1-3-10(12)13(22)8-21-9-20-16-15(17(21)23)11-5-6-19-7-14(11)24-16/h1-4,9,13,19,22H,5-8H2/t13-/m0/s1. The van der Waals surface area contributed by atoms with Gasteiger partial charge >= 0.3 is 0 Å². The molecule has 7 heteroatoms. The monoisotopic (exact) mass is 361 g/mol. The molecule has 5 nitrogen and oxygen atoms in total. The second kappa shape index (κ2) is 6.29. The Bertz CT molecular complexity index is 966. The summed E-state index contributed by atoms with van der Waals surface area (Å²) in [4.78, 5) is 19.3. The van der Waals surface area contributed by atoms with Crippen molar-refractivity contribution in [3.63, 3.8) is 0 Å². The molecular weight excluding hydrogens is 346 g/mol. The molecule has 1 aromatic carbocycles. The van der Waals surface area contributed by atoms with Crippen LogP contribution >= 0.6 is 22.9 Å². The summed E-state index contributed by atoms with van der Waals surface area (Å²) < 4.78 is 1.48. The minimum Gasteiger partial charge on any atom is -0.386 e. The lowest BCUT2D eigenvalue weighted by atomic mass is 10.1. The Labute approximate surface area is 147 Å². The van der Waals surface area contributed by atoms with E-state index in [-0.39, 0.29) is 12.1 Å². The molecule has 24 heavy (non-hydrogen) atoms. The first kappa shape index (κ1) is 15.8. The number of aromatic nitrogens is 2. The molecule has 1 aliphatic heterocycles. The lowest BCUT2D eigenvalue weighted by molar-refractivity contribution is 0.155. The van der Waals surface area contributed by atoms with Crippen molar-refractivity contribution >= 4 is 33.2 Å². The van der Waals surface area contributed by atoms with Crippen LogP contribution in [0.25, 0.3) is 10.2 Å². The van der Waals surface area contributed by atoms with E-state index in [1.165, 1.54) is 15.8 Å². The summed E-state index contributed by atoms with van der Waals surface area (Å²) in [5.41, 5.74) is 1.63. The number of aliphatic hydroxyl groups excluding tert-OH is 1. The maximum atomic E-state index is 12.9. The van der Waals surface area contributed by atoms with Crippen molar-refractivity contribution in [3.05, 3.63) is 62.0 Å². The van der Waals surface area contributed by atoms with Gasteiger partial charge in [0.2, 0.25) is 0 Å². The van der Waals surface area contributed by atoms with Gasteiger partial charge in [0.1, 0.15) is 4.83 Å². The summed E-state index contributed by atoms with van der Waals surface area (Å²) in [5.74, 6) is 0. The van der Waals surface area contributed by atoms with Gasteiger partial charge in [-0.15, -0.1) is 11.3 Å². The minimum atomic E-state index is -0.855. The van der Waals surface area contributed by atoms with E-state index < -0.39 is 6.10 Å². The predicted octanol–water partition coefficient (Wildman–Crippen LogP) is 2.49. The zero-order valence-electron chi connectivity index (χ0n) is 12.8. The molecule has 1 aliphatic rings. The van der Waals surface area contributed by atoms with Gasteiger partial charge in [0, 0.05) is 22.0 Å². The van der Waals surface area contributed by atoms with E-state index in [0.717, 1.165) is 29.9 Å². The molecule has 3 aromatic rings. The number of hydrogen-bond donors (Lipinski definition) is 2. The SMILES string of the molecule is O=c1c2c3c(sc2ncn1C[C@H](O)c1ccccc1Cl)CNCC3. The van der Waals surface area contributed by atoms with Crippen LogP contribution in [0.2, 0.25) is 5.02 Å². The third-order valence-corrected chi connectivity index (χ3v) is 5.82. The van der Waals surface area contributed by atoms with Crippen molar-refractivity contribution in [2.75, 3.05) is 6.54 Å². The normalized spacial score (nSPS) is 15.4. The summed E-state index contributed by atoms with van der Waals surface area (Å²) in [5, 5.41) is 15.0. The molecule has 0 fully saturated rings. The third-order valence-electron chi connectivity index (χ3n) is 4.33. The van der Waals surface area contributed by atoms with Gasteiger partial charge in [0.25, 0.3) is 5.56 Å². The Morgan fingerprint density at radius 3 is 3.08 bits per heavy atom. The molecule has 1 atom stereocenters. The van der Waals surface area contributed by atoms with E-state index in [1.807, 2.05) is 12.1 Å². The van der Waals surface area contributed by atoms with E-state index in [4.69, 9.17) is 11.6 Å². The van der Waals surface area contributed by atoms with Crippen LogP contribution < -0.4 is 10.9 Å². The maximum absolute atomic E-state index is 12.9. The van der Waals surface area contributed by atoms with E-state index in [1.54, 1.807) is 23.5 Å². The minimum absolute atomic E-state index is 0.0921. The quantitative estimate of drug-likeness (QED) is 0.752. The average molecular weight is 362 g/mol. The first-order valence-corrected chi connectivity index (χ1v) is 8.97. The summed E-state index contributed by atoms with van der Waals surface area (Å²) in [6.45, 7) is 1.79. The van der Waals surface area contributed by atoms with Crippen LogP contribution in [0, 0.1) is 0 Å². The van der Waals surface area contributed by atoms with Gasteiger partial charge in [-0.1, -0.05) is 29.8 Å². The summed E-state index contributed by atoms with van der Waals surface area (Å²) in [6.07, 6.45) is 1.50. The molecule has 0 bridgehead atoms. The maximum Gasteiger partial charge on any atom is 0.262 e. The van der Waals surface area contributed by atoms with Gasteiger partial charge in [-0.25, -0.2) is 4.98 Å². The highest BCUT2D eigenvalue weighted by Gasteiger charge is 2.21. The fraction of sp³-hybridized carbons (Fsp3) is 0.294. The van der Waals surface area contributed by atoms with Crippen LogP contribution in [0.5, 0.6) is 0 Å². The van der Waals surface area contributed by atoms with Crippen LogP contribution in [0.1, 0.15) is 22.1 Å². The molecule has 0 unspecified atom stereocenters. The van der Waals surface area contributed by atoms with Gasteiger partial charge in [0.15, 0.2) is 0 Å². The van der Waals surface area contributed by atoms with Gasteiger partial charge in [0.05, 0.1) is 24.4 Å². The number of nitrogens with zero attached hydrogens (tertiary/aromatic N) is 2. The number of nitrogens with one attached hydrogen (secondary N) is 1. The molecule has 0 aliphatic carbocycles. The van der Waals surface area contributed by atoms with Crippen molar-refractivity contribution in [1.29, 1.82) is 0 Å². The summed E-state index contributed by atoms with van der Waals surface area (Å²) in [6, 6.07) is 7.12. The van der Waals surface area contributed by atoms with Crippen molar-refractivity contribution in [3.8, 4) is 0 Å². The number of halogens is 1. The number of aliphatic hydroxyl groups is 1. The van der Waals surface area contributed by atoms with Crippen molar-refractivity contribution in [2.45, 2.75) is 25.6 Å². The number of thiophene rings is 1. The molecule has 0 spiro atoms.